The monoisotopic (exact) mass is 793 g/mol. The number of carbonyl (C=O) groups is 1. The number of benzene rings is 2. The van der Waals surface area contributed by atoms with Crippen molar-refractivity contribution in [3.05, 3.63) is 70.8 Å². The van der Waals surface area contributed by atoms with Gasteiger partial charge in [0.05, 0.1) is 44.5 Å². The van der Waals surface area contributed by atoms with Crippen molar-refractivity contribution in [2.75, 3.05) is 80.2 Å². The summed E-state index contributed by atoms with van der Waals surface area (Å²) < 4.78 is 25.5. The van der Waals surface area contributed by atoms with Gasteiger partial charge in [0.2, 0.25) is 0 Å². The van der Waals surface area contributed by atoms with E-state index in [2.05, 4.69) is 36.0 Å². The Morgan fingerprint density at radius 1 is 0.719 bits per heavy atom. The quantitative estimate of drug-likeness (QED) is 0.107. The summed E-state index contributed by atoms with van der Waals surface area (Å²) in [6.07, 6.45) is 0. The van der Waals surface area contributed by atoms with Crippen LogP contribution in [0.2, 0.25) is 0 Å². The fourth-order valence-electron chi connectivity index (χ4n) is 5.13. The molecule has 0 atom stereocenters. The molecular weight excluding hydrogens is 749 g/mol. The van der Waals surface area contributed by atoms with Gasteiger partial charge in [-0.1, -0.05) is 24.3 Å². The first-order valence-corrected chi connectivity index (χ1v) is 16.9. The van der Waals surface area contributed by atoms with Gasteiger partial charge in [-0.3, -0.25) is 9.13 Å². The number of methoxy groups -OCH3 is 2. The molecule has 21 heteroatoms. The molecule has 20 nitrogen and oxygen atoms in total. The predicted molar refractivity (Wildman–Crippen MR) is 205 cm³/mol. The van der Waals surface area contributed by atoms with E-state index in [0.717, 1.165) is 17.7 Å². The molecule has 0 saturated heterocycles. The van der Waals surface area contributed by atoms with E-state index >= 15 is 0 Å². The SMILES string of the molecule is COc1nc2c(N)nc(OCCN(C)C)nc2n1Cc1ccc(C#N)cc1.COc1nc2c(N)nc(OCCN(C)C)nc2n1Cc1ccc(C(=O)O)cc1.[Na+].[OH-]. The largest absolute Gasteiger partial charge is 1.00 e. The Morgan fingerprint density at radius 2 is 1.12 bits per heavy atom. The predicted octanol–water partition coefficient (Wildman–Crippen LogP) is -0.791. The summed E-state index contributed by atoms with van der Waals surface area (Å²) in [7, 11) is 10.8. The summed E-state index contributed by atoms with van der Waals surface area (Å²) in [6.45, 7) is 3.12. The number of aromatic carboxylic acids is 1. The minimum Gasteiger partial charge on any atom is -0.870 e. The maximum Gasteiger partial charge on any atom is 1.00 e. The van der Waals surface area contributed by atoms with Crippen molar-refractivity contribution in [3.63, 3.8) is 0 Å². The van der Waals surface area contributed by atoms with E-state index in [4.69, 9.17) is 40.8 Å². The van der Waals surface area contributed by atoms with Crippen LogP contribution in [0.1, 0.15) is 27.0 Å². The smallest absolute Gasteiger partial charge is 0.870 e. The average molecular weight is 794 g/mol. The summed E-state index contributed by atoms with van der Waals surface area (Å²) in [4.78, 5) is 41.0. The first-order valence-electron chi connectivity index (χ1n) is 16.9. The molecule has 0 radical (unpaired) electrons. The van der Waals surface area contributed by atoms with Crippen LogP contribution in [0, 0.1) is 11.3 Å². The number of anilines is 2. The van der Waals surface area contributed by atoms with Gasteiger partial charge in [0.15, 0.2) is 34.0 Å². The van der Waals surface area contributed by atoms with Gasteiger partial charge in [0, 0.05) is 13.1 Å². The molecule has 0 fully saturated rings. The van der Waals surface area contributed by atoms with Crippen LogP contribution in [-0.4, -0.2) is 134 Å². The molecule has 0 aliphatic rings. The molecule has 4 heterocycles. The van der Waals surface area contributed by atoms with Crippen LogP contribution in [0.3, 0.4) is 0 Å². The average Bonchev–Trinajstić information content (AvgIpc) is 3.70. The van der Waals surface area contributed by atoms with E-state index in [1.54, 1.807) is 45.5 Å². The van der Waals surface area contributed by atoms with Crippen LogP contribution in [0.5, 0.6) is 24.0 Å². The molecule has 0 amide bonds. The van der Waals surface area contributed by atoms with Gasteiger partial charge in [0.25, 0.3) is 12.0 Å². The van der Waals surface area contributed by atoms with Crippen LogP contribution in [0.4, 0.5) is 11.6 Å². The number of hydrogen-bond donors (Lipinski definition) is 3. The number of hydrogen-bond acceptors (Lipinski definition) is 17. The molecule has 2 aromatic carbocycles. The van der Waals surface area contributed by atoms with Crippen LogP contribution >= 0.6 is 0 Å². The fourth-order valence-corrected chi connectivity index (χ4v) is 5.13. The van der Waals surface area contributed by atoms with Crippen molar-refractivity contribution in [1.82, 2.24) is 48.8 Å². The van der Waals surface area contributed by atoms with Crippen LogP contribution in [-0.2, 0) is 13.1 Å². The third kappa shape index (κ3) is 11.6. The Kier molecular flexibility index (Phi) is 16.7. The van der Waals surface area contributed by atoms with E-state index in [0.29, 0.717) is 72.8 Å². The number of nitriles is 1. The Labute approximate surface area is 350 Å². The summed E-state index contributed by atoms with van der Waals surface area (Å²) in [5.41, 5.74) is 16.6. The van der Waals surface area contributed by atoms with Crippen LogP contribution < -0.4 is 60.0 Å². The van der Waals surface area contributed by atoms with E-state index < -0.39 is 5.97 Å². The topological polar surface area (TPSA) is 274 Å². The molecule has 0 spiro atoms. The molecule has 0 unspecified atom stereocenters. The van der Waals surface area contributed by atoms with Gasteiger partial charge in [-0.05, 0) is 63.6 Å². The zero-order valence-corrected chi connectivity index (χ0v) is 34.9. The summed E-state index contributed by atoms with van der Waals surface area (Å²) >= 11 is 0. The Morgan fingerprint density at radius 3 is 1.47 bits per heavy atom. The Balaban J connectivity index is 0.000000295. The summed E-state index contributed by atoms with van der Waals surface area (Å²) in [6, 6.07) is 17.0. The second-order valence-corrected chi connectivity index (χ2v) is 12.6. The van der Waals surface area contributed by atoms with Gasteiger partial charge in [0.1, 0.15) is 13.2 Å². The Hall–Kier alpha value is -5.82. The molecule has 0 saturated carbocycles. The number of fused-ring (bicyclic) bond motifs is 2. The number of rotatable bonds is 15. The number of nitrogen functional groups attached to an aromatic ring is 2. The number of imidazole rings is 2. The molecule has 296 valence electrons. The van der Waals surface area contributed by atoms with Crippen molar-refractivity contribution in [2.45, 2.75) is 13.1 Å². The summed E-state index contributed by atoms with van der Waals surface area (Å²) in [5, 5.41) is 18.0. The van der Waals surface area contributed by atoms with E-state index in [-0.39, 0.29) is 64.3 Å². The summed E-state index contributed by atoms with van der Waals surface area (Å²) in [5.74, 6) is -0.544. The minimum atomic E-state index is -0.975. The number of carboxylic acid groups (broad SMARTS) is 1. The zero-order valence-electron chi connectivity index (χ0n) is 32.9. The van der Waals surface area contributed by atoms with E-state index in [1.165, 1.54) is 14.2 Å². The number of aromatic nitrogens is 8. The van der Waals surface area contributed by atoms with Gasteiger partial charge in [-0.25, -0.2) is 4.79 Å². The molecule has 6 N–H and O–H groups in total. The Bertz CT molecular complexity index is 2290. The van der Waals surface area contributed by atoms with Crippen molar-refractivity contribution >= 4 is 39.9 Å². The van der Waals surface area contributed by atoms with Gasteiger partial charge in [-0.2, -0.15) is 35.2 Å². The standard InChI is InChI=1S/C18H21N7O2.C18H22N6O4.Na.H2O/c1-24(2)8-9-27-17-22-15(20)14-16(23-17)25(18(21-14)26-3)11-13-6-4-12(10-19)5-7-13;1-23(2)8-9-28-17-21-14(19)13-15(22-17)24(18(20-13)27-3)10-11-4-6-12(7-5-11)16(25)26;;/h4-7H,8-9,11H2,1-3H3,(H2,20,22,23);4-7H,8-10H2,1-3H3,(H,25,26)(H2,19,21,22);;1H2/q;;+1;/p-1. The molecule has 0 aliphatic heterocycles. The first kappa shape index (κ1) is 45.6. The van der Waals surface area contributed by atoms with Crippen LogP contribution in [0.15, 0.2) is 48.5 Å². The third-order valence-electron chi connectivity index (χ3n) is 8.00. The number of likely N-dealkylation sites (N-methyl/N-ethyl adjacent to an activating group) is 2. The van der Waals surface area contributed by atoms with Crippen molar-refractivity contribution in [1.29, 1.82) is 5.26 Å². The first-order chi connectivity index (χ1) is 26.4. The number of nitrogens with zero attached hydrogens (tertiary/aromatic N) is 11. The van der Waals surface area contributed by atoms with Crippen molar-refractivity contribution in [3.8, 4) is 30.1 Å². The van der Waals surface area contributed by atoms with Crippen molar-refractivity contribution < 1.29 is 63.9 Å². The second-order valence-electron chi connectivity index (χ2n) is 12.6. The zero-order chi connectivity index (χ0) is 39.6. The van der Waals surface area contributed by atoms with Crippen LogP contribution in [0.25, 0.3) is 22.3 Å². The second kappa shape index (κ2) is 20.9. The van der Waals surface area contributed by atoms with E-state index in [9.17, 15) is 4.79 Å². The maximum absolute atomic E-state index is 11.0. The number of ether oxygens (including phenoxy) is 4. The van der Waals surface area contributed by atoms with Gasteiger partial charge in [-0.15, -0.1) is 0 Å². The molecule has 0 bridgehead atoms. The third-order valence-corrected chi connectivity index (χ3v) is 8.00. The molecule has 6 aromatic rings. The maximum atomic E-state index is 11.0. The number of carboxylic acids is 1. The van der Waals surface area contributed by atoms with Crippen molar-refractivity contribution in [2.24, 2.45) is 0 Å². The fraction of sp³-hybridized carbons (Fsp3) is 0.333. The van der Waals surface area contributed by atoms with E-state index in [1.807, 2.05) is 50.1 Å². The molecule has 4 aromatic heterocycles. The number of nitrogens with two attached hydrogens (primary N) is 2. The molecule has 6 rings (SSSR count). The minimum absolute atomic E-state index is 0. The molecular formula is C36H44N13NaO7. The molecule has 57 heavy (non-hydrogen) atoms. The van der Waals surface area contributed by atoms with Gasteiger partial charge >= 0.3 is 47.5 Å². The van der Waals surface area contributed by atoms with Gasteiger partial charge < -0.3 is 50.8 Å². The molecule has 0 aliphatic carbocycles. The normalized spacial score (nSPS) is 10.6.